The minimum absolute atomic E-state index is 0.542. The predicted octanol–water partition coefficient (Wildman–Crippen LogP) is 5.04. The molecule has 23 heavy (non-hydrogen) atoms. The Labute approximate surface area is 144 Å². The van der Waals surface area contributed by atoms with Crippen molar-refractivity contribution < 1.29 is 4.74 Å². The van der Waals surface area contributed by atoms with Crippen LogP contribution in [0.1, 0.15) is 51.0 Å². The highest BCUT2D eigenvalue weighted by Crippen LogP contribution is 2.61. The molecule has 0 radical (unpaired) electrons. The van der Waals surface area contributed by atoms with Gasteiger partial charge in [0.1, 0.15) is 5.75 Å². The van der Waals surface area contributed by atoms with E-state index in [9.17, 15) is 0 Å². The van der Waals surface area contributed by atoms with Crippen LogP contribution in [0.4, 0.5) is 0 Å². The van der Waals surface area contributed by atoms with Crippen LogP contribution in [0.2, 0.25) is 5.02 Å². The van der Waals surface area contributed by atoms with Crippen LogP contribution in [0.25, 0.3) is 0 Å². The van der Waals surface area contributed by atoms with E-state index in [0.717, 1.165) is 40.6 Å². The van der Waals surface area contributed by atoms with Crippen molar-refractivity contribution in [1.29, 1.82) is 0 Å². The summed E-state index contributed by atoms with van der Waals surface area (Å²) in [7, 11) is 1.73. The van der Waals surface area contributed by atoms with E-state index in [1.165, 1.54) is 38.5 Å². The number of nitrogens with one attached hydrogen (secondary N) is 1. The Bertz CT molecular complexity index is 550. The maximum atomic E-state index is 6.16. The third-order valence-corrected chi connectivity index (χ3v) is 7.08. The number of rotatable bonds is 5. The third-order valence-electron chi connectivity index (χ3n) is 6.85. The van der Waals surface area contributed by atoms with Crippen molar-refractivity contribution in [3.8, 4) is 5.75 Å². The number of ether oxygens (including phenoxy) is 1. The van der Waals surface area contributed by atoms with Gasteiger partial charge in [0.05, 0.1) is 7.11 Å². The summed E-state index contributed by atoms with van der Waals surface area (Å²) in [6.07, 6.45) is 8.86. The molecule has 1 N–H and O–H groups in total. The van der Waals surface area contributed by atoms with Crippen LogP contribution in [0.5, 0.6) is 5.75 Å². The van der Waals surface area contributed by atoms with E-state index in [1.807, 2.05) is 18.2 Å². The van der Waals surface area contributed by atoms with Gasteiger partial charge in [0.2, 0.25) is 0 Å². The molecule has 126 valence electrons. The van der Waals surface area contributed by atoms with Gasteiger partial charge in [0.15, 0.2) is 0 Å². The molecule has 1 aromatic rings. The minimum atomic E-state index is 0.542. The summed E-state index contributed by atoms with van der Waals surface area (Å²) in [6.45, 7) is 3.25. The molecule has 0 aromatic heterocycles. The van der Waals surface area contributed by atoms with Crippen LogP contribution in [0, 0.1) is 23.2 Å². The van der Waals surface area contributed by atoms with E-state index >= 15 is 0 Å². The van der Waals surface area contributed by atoms with E-state index in [0.29, 0.717) is 11.5 Å². The second-order valence-electron chi connectivity index (χ2n) is 8.34. The van der Waals surface area contributed by atoms with Crippen LogP contribution in [-0.2, 0) is 6.54 Å². The summed E-state index contributed by atoms with van der Waals surface area (Å²) in [5, 5.41) is 4.60. The maximum absolute atomic E-state index is 6.16. The minimum Gasteiger partial charge on any atom is -0.496 e. The SMILES string of the molecule is COc1ccc(Cl)cc1CN[C@@H](C)C12CC3CC(CC(C3)C1)C2. The van der Waals surface area contributed by atoms with E-state index < -0.39 is 0 Å². The first kappa shape index (κ1) is 15.8. The normalized spacial score (nSPS) is 36.2. The topological polar surface area (TPSA) is 21.3 Å². The lowest BCUT2D eigenvalue weighted by molar-refractivity contribution is -0.0706. The van der Waals surface area contributed by atoms with Crippen molar-refractivity contribution in [1.82, 2.24) is 5.32 Å². The fourth-order valence-electron chi connectivity index (χ4n) is 6.07. The number of halogens is 1. The largest absolute Gasteiger partial charge is 0.496 e. The highest BCUT2D eigenvalue weighted by molar-refractivity contribution is 6.30. The summed E-state index contributed by atoms with van der Waals surface area (Å²) in [6, 6.07) is 6.46. The quantitative estimate of drug-likeness (QED) is 0.814. The molecule has 4 saturated carbocycles. The zero-order chi connectivity index (χ0) is 16.0. The molecule has 0 unspecified atom stereocenters. The molecular weight excluding hydrogens is 306 g/mol. The smallest absolute Gasteiger partial charge is 0.123 e. The summed E-state index contributed by atoms with van der Waals surface area (Å²) in [4.78, 5) is 0. The van der Waals surface area contributed by atoms with Gasteiger partial charge >= 0.3 is 0 Å². The van der Waals surface area contributed by atoms with Crippen molar-refractivity contribution in [2.45, 2.75) is 58.0 Å². The summed E-state index contributed by atoms with van der Waals surface area (Å²) >= 11 is 6.16. The number of methoxy groups -OCH3 is 1. The molecule has 4 fully saturated rings. The Hall–Kier alpha value is -0.730. The van der Waals surface area contributed by atoms with Gasteiger partial charge in [-0.25, -0.2) is 0 Å². The van der Waals surface area contributed by atoms with Crippen molar-refractivity contribution in [3.63, 3.8) is 0 Å². The molecule has 5 rings (SSSR count). The molecule has 0 heterocycles. The monoisotopic (exact) mass is 333 g/mol. The zero-order valence-electron chi connectivity index (χ0n) is 14.3. The van der Waals surface area contributed by atoms with Gasteiger partial charge in [-0.1, -0.05) is 11.6 Å². The average Bonchev–Trinajstić information content (AvgIpc) is 2.51. The van der Waals surface area contributed by atoms with Gasteiger partial charge in [0, 0.05) is 23.2 Å². The lowest BCUT2D eigenvalue weighted by Gasteiger charge is -2.59. The highest BCUT2D eigenvalue weighted by atomic mass is 35.5. The van der Waals surface area contributed by atoms with Crippen molar-refractivity contribution >= 4 is 11.6 Å². The lowest BCUT2D eigenvalue weighted by atomic mass is 9.48. The van der Waals surface area contributed by atoms with Crippen LogP contribution in [-0.4, -0.2) is 13.2 Å². The van der Waals surface area contributed by atoms with Crippen molar-refractivity contribution in [3.05, 3.63) is 28.8 Å². The zero-order valence-corrected chi connectivity index (χ0v) is 15.0. The Balaban J connectivity index is 1.46. The molecule has 4 bridgehead atoms. The number of benzene rings is 1. The molecular formula is C20H28ClNO. The first-order valence-electron chi connectivity index (χ1n) is 9.14. The predicted molar refractivity (Wildman–Crippen MR) is 94.9 cm³/mol. The van der Waals surface area contributed by atoms with Gasteiger partial charge in [-0.05, 0) is 86.8 Å². The molecule has 1 aromatic carbocycles. The maximum Gasteiger partial charge on any atom is 0.123 e. The van der Waals surface area contributed by atoms with Crippen LogP contribution in [0.3, 0.4) is 0 Å². The molecule has 4 aliphatic carbocycles. The fourth-order valence-corrected chi connectivity index (χ4v) is 6.27. The van der Waals surface area contributed by atoms with E-state index in [2.05, 4.69) is 12.2 Å². The molecule has 0 saturated heterocycles. The molecule has 0 spiro atoms. The van der Waals surface area contributed by atoms with E-state index in [1.54, 1.807) is 7.11 Å². The number of hydrogen-bond donors (Lipinski definition) is 1. The van der Waals surface area contributed by atoms with Crippen LogP contribution < -0.4 is 10.1 Å². The average molecular weight is 334 g/mol. The van der Waals surface area contributed by atoms with E-state index in [4.69, 9.17) is 16.3 Å². The Morgan fingerprint density at radius 1 is 1.17 bits per heavy atom. The van der Waals surface area contributed by atoms with Gasteiger partial charge in [-0.15, -0.1) is 0 Å². The molecule has 1 atom stereocenters. The van der Waals surface area contributed by atoms with Gasteiger partial charge in [-0.2, -0.15) is 0 Å². The van der Waals surface area contributed by atoms with Gasteiger partial charge in [0.25, 0.3) is 0 Å². The Morgan fingerprint density at radius 2 is 1.78 bits per heavy atom. The summed E-state index contributed by atoms with van der Waals surface area (Å²) in [5.41, 5.74) is 1.71. The molecule has 0 aliphatic heterocycles. The first-order chi connectivity index (χ1) is 11.1. The molecule has 3 heteroatoms. The lowest BCUT2D eigenvalue weighted by Crippen LogP contribution is -2.54. The third kappa shape index (κ3) is 2.89. The van der Waals surface area contributed by atoms with Crippen molar-refractivity contribution in [2.75, 3.05) is 7.11 Å². The van der Waals surface area contributed by atoms with Crippen molar-refractivity contribution in [2.24, 2.45) is 23.2 Å². The first-order valence-corrected chi connectivity index (χ1v) is 9.51. The second kappa shape index (κ2) is 5.97. The fraction of sp³-hybridized carbons (Fsp3) is 0.700. The Kier molecular flexibility index (Phi) is 4.09. The summed E-state index contributed by atoms with van der Waals surface area (Å²) in [5.74, 6) is 3.95. The van der Waals surface area contributed by atoms with E-state index in [-0.39, 0.29) is 0 Å². The summed E-state index contributed by atoms with van der Waals surface area (Å²) < 4.78 is 5.48. The second-order valence-corrected chi connectivity index (χ2v) is 8.78. The molecule has 2 nitrogen and oxygen atoms in total. The van der Waals surface area contributed by atoms with Crippen LogP contribution >= 0.6 is 11.6 Å². The van der Waals surface area contributed by atoms with Gasteiger partial charge < -0.3 is 10.1 Å². The Morgan fingerprint density at radius 3 is 2.35 bits per heavy atom. The standard InChI is InChI=1S/C20H28ClNO/c1-13(22-12-17-8-18(21)3-4-19(17)23-2)20-9-14-5-15(10-20)7-16(6-14)11-20/h3-4,8,13-16,22H,5-7,9-12H2,1-2H3/t13-,14?,15?,16?,20?/m0/s1. The van der Waals surface area contributed by atoms with Gasteiger partial charge in [-0.3, -0.25) is 0 Å². The van der Waals surface area contributed by atoms with Crippen LogP contribution in [0.15, 0.2) is 18.2 Å². The molecule has 0 amide bonds. The highest BCUT2D eigenvalue weighted by Gasteiger charge is 2.52. The molecule has 4 aliphatic rings. The number of hydrogen-bond acceptors (Lipinski definition) is 2.